The van der Waals surface area contributed by atoms with Crippen LogP contribution in [0.3, 0.4) is 0 Å². The van der Waals surface area contributed by atoms with E-state index in [1.165, 1.54) is 0 Å². The van der Waals surface area contributed by atoms with Crippen molar-refractivity contribution in [2.75, 3.05) is 13.8 Å². The molecule has 0 N–H and O–H groups in total. The Hall–Kier alpha value is -2.14. The fraction of sp³-hybridized carbons (Fsp3) is 0.476. The van der Waals surface area contributed by atoms with Crippen LogP contribution in [-0.2, 0) is 16.1 Å². The molecule has 1 aromatic rings. The van der Waals surface area contributed by atoms with Crippen molar-refractivity contribution in [2.24, 2.45) is 0 Å². The highest BCUT2D eigenvalue weighted by Gasteiger charge is 2.28. The van der Waals surface area contributed by atoms with E-state index in [-0.39, 0.29) is 12.7 Å². The molecule has 0 bridgehead atoms. The maximum atomic E-state index is 12.9. The van der Waals surface area contributed by atoms with Crippen LogP contribution in [-0.4, -0.2) is 35.6 Å². The van der Waals surface area contributed by atoms with E-state index in [4.69, 9.17) is 25.8 Å². The second-order valence-electron chi connectivity index (χ2n) is 7.33. The number of allylic oxidation sites excluding steroid dienone is 3. The van der Waals surface area contributed by atoms with Crippen molar-refractivity contribution in [1.82, 2.24) is 4.90 Å². The Bertz CT molecular complexity index is 784. The highest BCUT2D eigenvalue weighted by atomic mass is 35.5. The number of halogens is 1. The Labute approximate surface area is 165 Å². The molecule has 1 aliphatic heterocycles. The average molecular weight is 392 g/mol. The maximum absolute atomic E-state index is 12.9. The van der Waals surface area contributed by atoms with Gasteiger partial charge in [-0.15, -0.1) is 11.6 Å². The van der Waals surface area contributed by atoms with Crippen molar-refractivity contribution in [3.63, 3.8) is 0 Å². The number of alkyl halides is 1. The molecule has 2 unspecified atom stereocenters. The van der Waals surface area contributed by atoms with Gasteiger partial charge in [-0.05, 0) is 56.0 Å². The molecule has 1 heterocycles. The van der Waals surface area contributed by atoms with E-state index in [9.17, 15) is 4.79 Å². The van der Waals surface area contributed by atoms with Gasteiger partial charge in [-0.25, -0.2) is 0 Å². The Morgan fingerprint density at radius 2 is 2.11 bits per heavy atom. The number of hydrogen-bond acceptors (Lipinski definition) is 4. The fourth-order valence-electron chi connectivity index (χ4n) is 3.29. The summed E-state index contributed by atoms with van der Waals surface area (Å²) in [6, 6.07) is 5.72. The zero-order valence-electron chi connectivity index (χ0n) is 16.3. The number of nitrogens with zero attached hydrogens (tertiary/aromatic N) is 1. The predicted molar refractivity (Wildman–Crippen MR) is 105 cm³/mol. The largest absolute Gasteiger partial charge is 0.481 e. The molecule has 2 atom stereocenters. The monoisotopic (exact) mass is 391 g/mol. The lowest BCUT2D eigenvalue weighted by Crippen LogP contribution is -2.37. The summed E-state index contributed by atoms with van der Waals surface area (Å²) in [4.78, 5) is 14.2. The molecule has 0 saturated heterocycles. The predicted octanol–water partition coefficient (Wildman–Crippen LogP) is 4.40. The van der Waals surface area contributed by atoms with Gasteiger partial charge >= 0.3 is 0 Å². The van der Waals surface area contributed by atoms with Crippen molar-refractivity contribution in [2.45, 2.75) is 51.1 Å². The van der Waals surface area contributed by atoms with Crippen molar-refractivity contribution in [3.05, 3.63) is 47.2 Å². The second kappa shape index (κ2) is 7.85. The topological polar surface area (TPSA) is 48.0 Å². The number of ether oxygens (including phenoxy) is 3. The van der Waals surface area contributed by atoms with Gasteiger partial charge in [0.15, 0.2) is 17.6 Å². The van der Waals surface area contributed by atoms with Crippen LogP contribution in [0, 0.1) is 0 Å². The number of carbonyl (C=O) groups excluding carboxylic acids is 1. The minimum absolute atomic E-state index is 0.0527. The van der Waals surface area contributed by atoms with E-state index >= 15 is 0 Å². The average Bonchev–Trinajstić information content (AvgIpc) is 3.07. The first kappa shape index (κ1) is 19.6. The number of likely N-dealkylation sites (N-methyl/N-ethyl adjacent to an activating group) is 1. The maximum Gasteiger partial charge on any atom is 0.263 e. The second-order valence-corrected chi connectivity index (χ2v) is 8.19. The van der Waals surface area contributed by atoms with Crippen LogP contribution in [0.1, 0.15) is 39.2 Å². The normalized spacial score (nSPS) is 22.0. The lowest BCUT2D eigenvalue weighted by atomic mass is 9.95. The number of fused-ring (bicyclic) bond motifs is 1. The molecule has 0 radical (unpaired) electrons. The van der Waals surface area contributed by atoms with Crippen LogP contribution < -0.4 is 9.47 Å². The summed E-state index contributed by atoms with van der Waals surface area (Å²) in [5.41, 5.74) is 2.04. The molecule has 0 aromatic heterocycles. The molecule has 0 spiro atoms. The zero-order chi connectivity index (χ0) is 19.6. The Morgan fingerprint density at radius 3 is 2.81 bits per heavy atom. The molecule has 0 fully saturated rings. The number of rotatable bonds is 6. The van der Waals surface area contributed by atoms with Crippen LogP contribution in [0.2, 0.25) is 0 Å². The van der Waals surface area contributed by atoms with Gasteiger partial charge in [0, 0.05) is 13.6 Å². The van der Waals surface area contributed by atoms with Gasteiger partial charge in [0.2, 0.25) is 6.79 Å². The van der Waals surface area contributed by atoms with Gasteiger partial charge in [-0.3, -0.25) is 4.79 Å². The minimum Gasteiger partial charge on any atom is -0.481 e. The first-order chi connectivity index (χ1) is 12.8. The standard InChI is InChI=1S/C21H26ClNO4/c1-5-16(27-17-8-9-21(3,22)11-14(17)2)20(24)23(4)12-15-6-7-18-19(10-15)26-13-25-18/h6-10,16H,5,11-13H2,1-4H3. The Kier molecular flexibility index (Phi) is 5.70. The third-order valence-corrected chi connectivity index (χ3v) is 5.02. The van der Waals surface area contributed by atoms with Crippen LogP contribution in [0.4, 0.5) is 0 Å². The van der Waals surface area contributed by atoms with Gasteiger partial charge in [0.25, 0.3) is 5.91 Å². The molecule has 6 heteroatoms. The van der Waals surface area contributed by atoms with Gasteiger partial charge in [-0.2, -0.15) is 0 Å². The van der Waals surface area contributed by atoms with E-state index in [2.05, 4.69) is 0 Å². The van der Waals surface area contributed by atoms with E-state index < -0.39 is 11.0 Å². The third-order valence-electron chi connectivity index (χ3n) is 4.76. The van der Waals surface area contributed by atoms with Crippen LogP contribution >= 0.6 is 11.6 Å². The number of carbonyl (C=O) groups is 1. The molecule has 3 rings (SSSR count). The van der Waals surface area contributed by atoms with Crippen LogP contribution in [0.15, 0.2) is 41.7 Å². The lowest BCUT2D eigenvalue weighted by Gasteiger charge is -2.28. The molecular weight excluding hydrogens is 366 g/mol. The summed E-state index contributed by atoms with van der Waals surface area (Å²) in [5, 5.41) is 0. The highest BCUT2D eigenvalue weighted by Crippen LogP contribution is 2.34. The summed E-state index contributed by atoms with van der Waals surface area (Å²) in [7, 11) is 1.78. The number of hydrogen-bond donors (Lipinski definition) is 0. The van der Waals surface area contributed by atoms with E-state index in [1.807, 2.05) is 51.1 Å². The van der Waals surface area contributed by atoms with Gasteiger partial charge in [0.05, 0.1) is 4.87 Å². The van der Waals surface area contributed by atoms with Crippen molar-refractivity contribution >= 4 is 17.5 Å². The minimum atomic E-state index is -0.529. The van der Waals surface area contributed by atoms with E-state index in [0.29, 0.717) is 25.1 Å². The third kappa shape index (κ3) is 4.59. The summed E-state index contributed by atoms with van der Waals surface area (Å²) in [6.07, 6.45) is 4.56. The summed E-state index contributed by atoms with van der Waals surface area (Å²) in [5.74, 6) is 2.14. The smallest absolute Gasteiger partial charge is 0.263 e. The summed E-state index contributed by atoms with van der Waals surface area (Å²) in [6.45, 7) is 6.62. The molecule has 1 aliphatic carbocycles. The van der Waals surface area contributed by atoms with Gasteiger partial charge in [-0.1, -0.05) is 19.1 Å². The summed E-state index contributed by atoms with van der Waals surface area (Å²) >= 11 is 6.38. The quantitative estimate of drug-likeness (QED) is 0.674. The highest BCUT2D eigenvalue weighted by molar-refractivity contribution is 6.25. The SMILES string of the molecule is CCC(OC1=C(C)CC(C)(Cl)C=C1)C(=O)N(C)Cc1ccc2c(c1)OCO2. The molecular formula is C21H26ClNO4. The van der Waals surface area contributed by atoms with Crippen molar-refractivity contribution < 1.29 is 19.0 Å². The fourth-order valence-corrected chi connectivity index (χ4v) is 3.56. The van der Waals surface area contributed by atoms with Crippen molar-refractivity contribution in [1.29, 1.82) is 0 Å². The first-order valence-corrected chi connectivity index (χ1v) is 9.55. The Balaban J connectivity index is 1.65. The van der Waals surface area contributed by atoms with Crippen LogP contribution in [0.25, 0.3) is 0 Å². The molecule has 1 aromatic carbocycles. The van der Waals surface area contributed by atoms with E-state index in [0.717, 1.165) is 22.6 Å². The zero-order valence-corrected chi connectivity index (χ0v) is 17.0. The van der Waals surface area contributed by atoms with Crippen molar-refractivity contribution in [3.8, 4) is 11.5 Å². The molecule has 1 amide bonds. The van der Waals surface area contributed by atoms with Gasteiger partial charge in [0.1, 0.15) is 5.76 Å². The van der Waals surface area contributed by atoms with Crippen LogP contribution in [0.5, 0.6) is 11.5 Å². The lowest BCUT2D eigenvalue weighted by molar-refractivity contribution is -0.140. The number of benzene rings is 1. The molecule has 5 nitrogen and oxygen atoms in total. The summed E-state index contributed by atoms with van der Waals surface area (Å²) < 4.78 is 16.8. The first-order valence-electron chi connectivity index (χ1n) is 9.17. The molecule has 146 valence electrons. The van der Waals surface area contributed by atoms with E-state index in [1.54, 1.807) is 11.9 Å². The molecule has 0 saturated carbocycles. The molecule has 27 heavy (non-hydrogen) atoms. The van der Waals surface area contributed by atoms with Gasteiger partial charge < -0.3 is 19.1 Å². The number of amides is 1. The molecule has 2 aliphatic rings. The Morgan fingerprint density at radius 1 is 1.37 bits per heavy atom.